The number of ether oxygens (including phenoxy) is 1. The molecule has 4 aliphatic heterocycles. The van der Waals surface area contributed by atoms with E-state index in [0.717, 1.165) is 31.2 Å². The van der Waals surface area contributed by atoms with E-state index in [1.165, 1.54) is 11.3 Å². The highest BCUT2D eigenvalue weighted by atomic mass is 32.1. The molecule has 6 nitrogen and oxygen atoms in total. The Hall–Kier alpha value is -2.00. The largest absolute Gasteiger partial charge is 0.372 e. The molecule has 2 saturated heterocycles. The summed E-state index contributed by atoms with van der Waals surface area (Å²) in [5, 5.41) is 9.82. The number of nitrogens with one attached hydrogen (secondary N) is 2. The lowest BCUT2D eigenvalue weighted by Gasteiger charge is -2.46. The Morgan fingerprint density at radius 1 is 1.24 bits per heavy atom. The Bertz CT molecular complexity index is 952. The van der Waals surface area contributed by atoms with Gasteiger partial charge >= 0.3 is 0 Å². The van der Waals surface area contributed by atoms with Gasteiger partial charge in [0.2, 0.25) is 0 Å². The number of thiophene rings is 1. The van der Waals surface area contributed by atoms with E-state index in [4.69, 9.17) is 4.74 Å². The standard InChI is InChI=1S/C20H22F2N4O2S/c21-20(22)5-13-15-18(29-17(13)11-6-23-24-7-11)19(27)25-14(8-26(15)9-20)16-10-1-3-12(28-16)4-2-10/h6-7,10,12,14,16H,1-5,8-9H2,(H,23,24)(H,25,27)/t10?,12?,14-,16+/m0/s1. The van der Waals surface area contributed by atoms with Crippen molar-refractivity contribution in [1.29, 1.82) is 0 Å². The highest BCUT2D eigenvalue weighted by molar-refractivity contribution is 7.18. The van der Waals surface area contributed by atoms with Crippen LogP contribution in [0.15, 0.2) is 12.4 Å². The highest BCUT2D eigenvalue weighted by Gasteiger charge is 2.48. The maximum atomic E-state index is 14.7. The second kappa shape index (κ2) is 6.25. The summed E-state index contributed by atoms with van der Waals surface area (Å²) in [5.41, 5.74) is 1.98. The average molecular weight is 420 g/mol. The van der Waals surface area contributed by atoms with Crippen molar-refractivity contribution in [2.24, 2.45) is 5.92 Å². The van der Waals surface area contributed by atoms with E-state index in [1.54, 1.807) is 17.3 Å². The van der Waals surface area contributed by atoms with Crippen molar-refractivity contribution >= 4 is 22.9 Å². The zero-order valence-corrected chi connectivity index (χ0v) is 16.6. The molecule has 1 aliphatic carbocycles. The molecule has 0 unspecified atom stereocenters. The Kier molecular flexibility index (Phi) is 3.84. The maximum Gasteiger partial charge on any atom is 0.269 e. The number of amides is 1. The highest BCUT2D eigenvalue weighted by Crippen LogP contribution is 2.49. The fraction of sp³-hybridized carbons (Fsp3) is 0.600. The second-order valence-corrected chi connectivity index (χ2v) is 9.73. The molecule has 1 amide bonds. The van der Waals surface area contributed by atoms with Gasteiger partial charge in [0, 0.05) is 35.2 Å². The number of nitrogens with zero attached hydrogens (tertiary/aromatic N) is 2. The summed E-state index contributed by atoms with van der Waals surface area (Å²) in [6.07, 6.45) is 7.42. The molecule has 2 aromatic rings. The lowest BCUT2D eigenvalue weighted by Crippen LogP contribution is -2.57. The van der Waals surface area contributed by atoms with Crippen molar-refractivity contribution in [3.63, 3.8) is 0 Å². The van der Waals surface area contributed by atoms with Gasteiger partial charge in [-0.1, -0.05) is 0 Å². The minimum atomic E-state index is -2.84. The normalized spacial score (nSPS) is 32.6. The Labute approximate surface area is 170 Å². The van der Waals surface area contributed by atoms with E-state index in [-0.39, 0.29) is 37.1 Å². The first kappa shape index (κ1) is 17.8. The fourth-order valence-corrected chi connectivity index (χ4v) is 6.79. The average Bonchev–Trinajstić information content (AvgIpc) is 3.32. The van der Waals surface area contributed by atoms with Crippen LogP contribution in [0.1, 0.15) is 40.9 Å². The van der Waals surface area contributed by atoms with Crippen LogP contribution < -0.4 is 10.2 Å². The quantitative estimate of drug-likeness (QED) is 0.783. The van der Waals surface area contributed by atoms with E-state index in [2.05, 4.69) is 15.5 Å². The summed E-state index contributed by atoms with van der Waals surface area (Å²) in [6, 6.07) is -0.269. The minimum Gasteiger partial charge on any atom is -0.372 e. The van der Waals surface area contributed by atoms with Crippen LogP contribution in [0.5, 0.6) is 0 Å². The zero-order chi connectivity index (χ0) is 19.8. The maximum absolute atomic E-state index is 14.7. The van der Waals surface area contributed by atoms with Crippen LogP contribution in [-0.4, -0.2) is 53.4 Å². The zero-order valence-electron chi connectivity index (χ0n) is 15.8. The van der Waals surface area contributed by atoms with Crippen molar-refractivity contribution in [2.75, 3.05) is 18.0 Å². The summed E-state index contributed by atoms with van der Waals surface area (Å²) in [5.74, 6) is -2.62. The smallest absolute Gasteiger partial charge is 0.269 e. The molecule has 7 rings (SSSR count). The number of fused-ring (bicyclic) bond motifs is 3. The third kappa shape index (κ3) is 2.81. The number of aromatic nitrogens is 2. The van der Waals surface area contributed by atoms with Gasteiger partial charge in [-0.15, -0.1) is 11.3 Å². The third-order valence-corrected chi connectivity index (χ3v) is 8.05. The Morgan fingerprint density at radius 3 is 2.76 bits per heavy atom. The number of anilines is 1. The van der Waals surface area contributed by atoms with Gasteiger partial charge in [0.05, 0.1) is 36.7 Å². The molecule has 5 aliphatic rings. The van der Waals surface area contributed by atoms with Crippen LogP contribution in [0.25, 0.3) is 10.4 Å². The predicted molar refractivity (Wildman–Crippen MR) is 105 cm³/mol. The predicted octanol–water partition coefficient (Wildman–Crippen LogP) is 3.21. The molecular weight excluding hydrogens is 398 g/mol. The van der Waals surface area contributed by atoms with Crippen LogP contribution in [0.3, 0.4) is 0 Å². The van der Waals surface area contributed by atoms with Gasteiger partial charge in [0.1, 0.15) is 4.88 Å². The molecule has 3 fully saturated rings. The van der Waals surface area contributed by atoms with E-state index in [9.17, 15) is 13.6 Å². The van der Waals surface area contributed by atoms with Gasteiger partial charge in [-0.2, -0.15) is 5.10 Å². The first-order valence-electron chi connectivity index (χ1n) is 10.2. The van der Waals surface area contributed by atoms with E-state index in [0.29, 0.717) is 33.5 Å². The van der Waals surface area contributed by atoms with E-state index < -0.39 is 5.92 Å². The van der Waals surface area contributed by atoms with Gasteiger partial charge in [0.15, 0.2) is 0 Å². The third-order valence-electron chi connectivity index (χ3n) is 6.78. The first-order valence-corrected chi connectivity index (χ1v) is 11.0. The molecule has 2 atom stereocenters. The summed E-state index contributed by atoms with van der Waals surface area (Å²) in [7, 11) is 0. The Balaban J connectivity index is 1.41. The molecule has 29 heavy (non-hydrogen) atoms. The van der Waals surface area contributed by atoms with Crippen molar-refractivity contribution in [3.8, 4) is 10.4 Å². The van der Waals surface area contributed by atoms with Crippen LogP contribution in [-0.2, 0) is 11.2 Å². The molecule has 0 spiro atoms. The number of hydrogen-bond acceptors (Lipinski definition) is 5. The molecule has 1 saturated carbocycles. The minimum absolute atomic E-state index is 0.0900. The van der Waals surface area contributed by atoms with Gasteiger partial charge in [-0.25, -0.2) is 8.78 Å². The number of aromatic amines is 1. The Morgan fingerprint density at radius 2 is 2.07 bits per heavy atom. The summed E-state index contributed by atoms with van der Waals surface area (Å²) < 4.78 is 35.7. The van der Waals surface area contributed by atoms with Crippen LogP contribution in [0, 0.1) is 5.92 Å². The number of rotatable bonds is 2. The fourth-order valence-electron chi connectivity index (χ4n) is 5.56. The molecule has 6 heterocycles. The molecule has 0 aromatic carbocycles. The lowest BCUT2D eigenvalue weighted by atomic mass is 9.77. The number of H-pyrrole nitrogens is 1. The molecule has 9 heteroatoms. The number of alkyl halides is 2. The summed E-state index contributed by atoms with van der Waals surface area (Å²) in [6.45, 7) is -0.00237. The lowest BCUT2D eigenvalue weighted by molar-refractivity contribution is -0.135. The van der Waals surface area contributed by atoms with E-state index >= 15 is 0 Å². The van der Waals surface area contributed by atoms with Crippen LogP contribution in [0.2, 0.25) is 0 Å². The van der Waals surface area contributed by atoms with Crippen molar-refractivity contribution < 1.29 is 18.3 Å². The molecule has 2 aromatic heterocycles. The van der Waals surface area contributed by atoms with E-state index in [1.807, 2.05) is 0 Å². The SMILES string of the molecule is O=C1N[C@H]([C@@H]2OC3CCC2CC3)CN2CC(F)(F)Cc3c(-c4cn[nH]c4)sc1c32. The molecule has 2 N–H and O–H groups in total. The number of carbonyl (C=O) groups is 1. The first-order chi connectivity index (χ1) is 14.0. The number of carbonyl (C=O) groups excluding carboxylic acids is 1. The topological polar surface area (TPSA) is 70.2 Å². The molecule has 154 valence electrons. The molecule has 2 bridgehead atoms. The van der Waals surface area contributed by atoms with Gasteiger partial charge in [-0.3, -0.25) is 9.89 Å². The molecular formula is C20H22F2N4O2S. The van der Waals surface area contributed by atoms with Crippen molar-refractivity contribution in [3.05, 3.63) is 22.8 Å². The van der Waals surface area contributed by atoms with Crippen LogP contribution in [0.4, 0.5) is 14.5 Å². The van der Waals surface area contributed by atoms with Gasteiger partial charge < -0.3 is 15.0 Å². The summed E-state index contributed by atoms with van der Waals surface area (Å²) in [4.78, 5) is 16.1. The second-order valence-electron chi connectivity index (χ2n) is 8.71. The van der Waals surface area contributed by atoms with Crippen molar-refractivity contribution in [2.45, 2.75) is 56.3 Å². The van der Waals surface area contributed by atoms with Gasteiger partial charge in [-0.05, 0) is 31.6 Å². The monoisotopic (exact) mass is 420 g/mol. The number of halogens is 2. The molecule has 0 radical (unpaired) electrons. The van der Waals surface area contributed by atoms with Crippen molar-refractivity contribution in [1.82, 2.24) is 15.5 Å². The van der Waals surface area contributed by atoms with Crippen LogP contribution >= 0.6 is 11.3 Å². The number of hydrogen-bond donors (Lipinski definition) is 2. The van der Waals surface area contributed by atoms with Gasteiger partial charge in [0.25, 0.3) is 11.8 Å². The summed E-state index contributed by atoms with van der Waals surface area (Å²) >= 11 is 1.29.